The molecule has 0 bridgehead atoms. The van der Waals surface area contributed by atoms with Gasteiger partial charge in [-0.1, -0.05) is 20.8 Å². The lowest BCUT2D eigenvalue weighted by Crippen LogP contribution is -2.39. The number of imidazole rings is 2. The largest absolute Gasteiger partial charge is 0.339 e. The van der Waals surface area contributed by atoms with E-state index in [1.807, 2.05) is 12.1 Å². The standard InChI is InChI=1S/C21H30N6O3S/c1-21(2,3)13-27-17-9-8-16(23-19(17)25(5)20(27)28)15-7-6-10-26(11-15)31(29,30)18-12-24(4)14-22-18/h8-9,12,14-15H,6-7,10-11,13H2,1-5H3. The third-order valence-electron chi connectivity index (χ3n) is 5.72. The lowest BCUT2D eigenvalue weighted by Gasteiger charge is -2.31. The average Bonchev–Trinajstić information content (AvgIpc) is 3.25. The summed E-state index contributed by atoms with van der Waals surface area (Å²) in [6, 6.07) is 3.87. The first-order valence-electron chi connectivity index (χ1n) is 10.5. The van der Waals surface area contributed by atoms with Gasteiger partial charge in [0, 0.05) is 51.5 Å². The average molecular weight is 447 g/mol. The summed E-state index contributed by atoms with van der Waals surface area (Å²) >= 11 is 0. The molecule has 1 unspecified atom stereocenters. The van der Waals surface area contributed by atoms with Crippen molar-refractivity contribution in [1.82, 2.24) is 28.0 Å². The van der Waals surface area contributed by atoms with E-state index in [4.69, 9.17) is 4.98 Å². The van der Waals surface area contributed by atoms with Gasteiger partial charge in [-0.2, -0.15) is 4.31 Å². The molecular weight excluding hydrogens is 416 g/mol. The zero-order valence-corrected chi connectivity index (χ0v) is 19.6. The van der Waals surface area contributed by atoms with Gasteiger partial charge in [0.25, 0.3) is 10.0 Å². The first-order chi connectivity index (χ1) is 14.5. The van der Waals surface area contributed by atoms with Crippen molar-refractivity contribution in [2.24, 2.45) is 19.5 Å². The molecule has 0 aliphatic carbocycles. The molecule has 1 fully saturated rings. The lowest BCUT2D eigenvalue weighted by atomic mass is 9.95. The van der Waals surface area contributed by atoms with Crippen molar-refractivity contribution < 1.29 is 8.42 Å². The predicted octanol–water partition coefficient (Wildman–Crippen LogP) is 2.08. The molecular formula is C21H30N6O3S. The molecule has 31 heavy (non-hydrogen) atoms. The van der Waals surface area contributed by atoms with E-state index in [0.717, 1.165) is 24.1 Å². The number of hydrogen-bond acceptors (Lipinski definition) is 5. The zero-order valence-electron chi connectivity index (χ0n) is 18.7. The van der Waals surface area contributed by atoms with Crippen molar-refractivity contribution in [2.45, 2.75) is 51.1 Å². The second-order valence-electron chi connectivity index (χ2n) is 9.65. The zero-order chi connectivity index (χ0) is 22.6. The number of aryl methyl sites for hydroxylation is 2. The molecule has 0 radical (unpaired) electrons. The molecule has 4 rings (SSSR count). The number of hydrogen-bond donors (Lipinski definition) is 0. The van der Waals surface area contributed by atoms with E-state index in [2.05, 4.69) is 25.8 Å². The van der Waals surface area contributed by atoms with Gasteiger partial charge < -0.3 is 4.57 Å². The van der Waals surface area contributed by atoms with Crippen LogP contribution in [0.1, 0.15) is 45.2 Å². The van der Waals surface area contributed by atoms with Gasteiger partial charge in [-0.05, 0) is 30.4 Å². The number of pyridine rings is 1. The van der Waals surface area contributed by atoms with Gasteiger partial charge >= 0.3 is 5.69 Å². The second kappa shape index (κ2) is 7.59. The van der Waals surface area contributed by atoms with E-state index in [1.54, 1.807) is 27.8 Å². The summed E-state index contributed by atoms with van der Waals surface area (Å²) in [6.07, 6.45) is 4.62. The molecule has 0 spiro atoms. The van der Waals surface area contributed by atoms with Crippen molar-refractivity contribution in [2.75, 3.05) is 13.1 Å². The van der Waals surface area contributed by atoms with Crippen LogP contribution in [0, 0.1) is 5.41 Å². The molecule has 0 amide bonds. The number of sulfonamides is 1. The highest BCUT2D eigenvalue weighted by Crippen LogP contribution is 2.30. The predicted molar refractivity (Wildman–Crippen MR) is 118 cm³/mol. The summed E-state index contributed by atoms with van der Waals surface area (Å²) < 4.78 is 32.5. The highest BCUT2D eigenvalue weighted by Gasteiger charge is 2.33. The number of piperidine rings is 1. The Morgan fingerprint density at radius 1 is 1.19 bits per heavy atom. The summed E-state index contributed by atoms with van der Waals surface area (Å²) in [4.78, 5) is 21.6. The quantitative estimate of drug-likeness (QED) is 0.612. The van der Waals surface area contributed by atoms with Crippen molar-refractivity contribution in [3.63, 3.8) is 0 Å². The van der Waals surface area contributed by atoms with E-state index in [-0.39, 0.29) is 22.0 Å². The minimum absolute atomic E-state index is 0.0299. The van der Waals surface area contributed by atoms with Gasteiger partial charge in [0.15, 0.2) is 10.7 Å². The number of aromatic nitrogens is 5. The summed E-state index contributed by atoms with van der Waals surface area (Å²) in [6.45, 7) is 7.71. The van der Waals surface area contributed by atoms with Crippen LogP contribution >= 0.6 is 0 Å². The van der Waals surface area contributed by atoms with Gasteiger partial charge in [-0.25, -0.2) is 23.2 Å². The monoisotopic (exact) mass is 446 g/mol. The van der Waals surface area contributed by atoms with E-state index in [9.17, 15) is 13.2 Å². The first-order valence-corrected chi connectivity index (χ1v) is 12.0. The fourth-order valence-electron chi connectivity index (χ4n) is 4.20. The van der Waals surface area contributed by atoms with Crippen LogP contribution in [0.25, 0.3) is 11.2 Å². The normalized spacial score (nSPS) is 18.7. The summed E-state index contributed by atoms with van der Waals surface area (Å²) in [5, 5.41) is 0.0701. The van der Waals surface area contributed by atoms with E-state index < -0.39 is 10.0 Å². The van der Waals surface area contributed by atoms with Crippen molar-refractivity contribution in [1.29, 1.82) is 0 Å². The highest BCUT2D eigenvalue weighted by atomic mass is 32.2. The molecule has 0 N–H and O–H groups in total. The summed E-state index contributed by atoms with van der Waals surface area (Å²) in [5.41, 5.74) is 2.13. The minimum Gasteiger partial charge on any atom is -0.339 e. The van der Waals surface area contributed by atoms with Crippen LogP contribution in [0.2, 0.25) is 0 Å². The fourth-order valence-corrected chi connectivity index (χ4v) is 5.69. The molecule has 0 aromatic carbocycles. The van der Waals surface area contributed by atoms with Crippen LogP contribution in [0.15, 0.2) is 34.5 Å². The van der Waals surface area contributed by atoms with Crippen LogP contribution in [-0.4, -0.2) is 49.5 Å². The Labute approximate surface area is 182 Å². The van der Waals surface area contributed by atoms with Crippen molar-refractivity contribution >= 4 is 21.2 Å². The first kappa shape index (κ1) is 21.8. The molecule has 1 saturated heterocycles. The van der Waals surface area contributed by atoms with Gasteiger partial charge in [0.1, 0.15) is 0 Å². The third-order valence-corrected chi connectivity index (χ3v) is 7.47. The Bertz CT molecular complexity index is 1280. The van der Waals surface area contributed by atoms with Crippen LogP contribution < -0.4 is 5.69 Å². The molecule has 10 heteroatoms. The van der Waals surface area contributed by atoms with Gasteiger partial charge in [-0.15, -0.1) is 0 Å². The molecule has 9 nitrogen and oxygen atoms in total. The van der Waals surface area contributed by atoms with Gasteiger partial charge in [-0.3, -0.25) is 9.13 Å². The molecule has 1 atom stereocenters. The minimum atomic E-state index is -3.64. The Morgan fingerprint density at radius 3 is 2.58 bits per heavy atom. The SMILES string of the molecule is Cn1cnc(S(=O)(=O)N2CCCC(c3ccc4c(n3)n(C)c(=O)n4CC(C)(C)C)C2)c1. The summed E-state index contributed by atoms with van der Waals surface area (Å²) in [7, 11) is -0.156. The van der Waals surface area contributed by atoms with E-state index in [0.29, 0.717) is 25.3 Å². The Hall–Kier alpha value is -2.46. The third kappa shape index (κ3) is 4.06. The molecule has 168 valence electrons. The van der Waals surface area contributed by atoms with Crippen LogP contribution in [0.5, 0.6) is 0 Å². The maximum atomic E-state index is 13.0. The van der Waals surface area contributed by atoms with E-state index >= 15 is 0 Å². The van der Waals surface area contributed by atoms with Crippen LogP contribution in [0.3, 0.4) is 0 Å². The highest BCUT2D eigenvalue weighted by molar-refractivity contribution is 7.89. The Morgan fingerprint density at radius 2 is 1.94 bits per heavy atom. The number of rotatable bonds is 4. The van der Waals surface area contributed by atoms with Gasteiger partial charge in [0.05, 0.1) is 11.8 Å². The molecule has 1 aliphatic heterocycles. The Balaban J connectivity index is 1.66. The topological polar surface area (TPSA) is 95.0 Å². The smallest absolute Gasteiger partial charge is 0.330 e. The lowest BCUT2D eigenvalue weighted by molar-refractivity contribution is 0.312. The number of fused-ring (bicyclic) bond motifs is 1. The number of nitrogens with zero attached hydrogens (tertiary/aromatic N) is 6. The van der Waals surface area contributed by atoms with Crippen LogP contribution in [0.4, 0.5) is 0 Å². The van der Waals surface area contributed by atoms with Gasteiger partial charge in [0.2, 0.25) is 0 Å². The molecule has 4 heterocycles. The molecule has 3 aromatic rings. The summed E-state index contributed by atoms with van der Waals surface area (Å²) in [5.74, 6) is -0.0299. The Kier molecular flexibility index (Phi) is 5.33. The molecule has 1 aliphatic rings. The van der Waals surface area contributed by atoms with Crippen LogP contribution in [-0.2, 0) is 30.7 Å². The maximum Gasteiger partial charge on any atom is 0.330 e. The fraction of sp³-hybridized carbons (Fsp3) is 0.571. The van der Waals surface area contributed by atoms with Crippen molar-refractivity contribution in [3.8, 4) is 0 Å². The maximum absolute atomic E-state index is 13.0. The van der Waals surface area contributed by atoms with Crippen molar-refractivity contribution in [3.05, 3.63) is 40.8 Å². The molecule has 0 saturated carbocycles. The molecule has 3 aromatic heterocycles. The second-order valence-corrected chi connectivity index (χ2v) is 11.5. The van der Waals surface area contributed by atoms with E-state index in [1.165, 1.54) is 16.8 Å².